The van der Waals surface area contributed by atoms with Crippen LogP contribution in [0.3, 0.4) is 0 Å². The highest BCUT2D eigenvalue weighted by Crippen LogP contribution is 2.34. The third-order valence-electron chi connectivity index (χ3n) is 3.39. The number of ether oxygens (including phenoxy) is 1. The van der Waals surface area contributed by atoms with Crippen molar-refractivity contribution in [3.05, 3.63) is 48.8 Å². The van der Waals surface area contributed by atoms with E-state index in [1.807, 2.05) is 36.7 Å². The lowest BCUT2D eigenvalue weighted by Gasteiger charge is -2.12. The predicted molar refractivity (Wildman–Crippen MR) is 81.9 cm³/mol. The quantitative estimate of drug-likeness (QED) is 0.695. The maximum atomic E-state index is 5.93. The molecule has 3 aromatic rings. The van der Waals surface area contributed by atoms with E-state index >= 15 is 0 Å². The molecule has 3 rings (SSSR count). The maximum absolute atomic E-state index is 5.93. The van der Waals surface area contributed by atoms with Crippen LogP contribution in [0.1, 0.15) is 19.8 Å². The van der Waals surface area contributed by atoms with Crippen molar-refractivity contribution in [2.24, 2.45) is 0 Å². The van der Waals surface area contributed by atoms with Crippen LogP contribution >= 0.6 is 0 Å². The van der Waals surface area contributed by atoms with Crippen molar-refractivity contribution in [1.29, 1.82) is 0 Å². The summed E-state index contributed by atoms with van der Waals surface area (Å²) >= 11 is 0. The van der Waals surface area contributed by atoms with E-state index in [1.165, 1.54) is 0 Å². The van der Waals surface area contributed by atoms with E-state index < -0.39 is 0 Å². The molecule has 0 saturated heterocycles. The van der Waals surface area contributed by atoms with Gasteiger partial charge < -0.3 is 9.72 Å². The Kier molecular flexibility index (Phi) is 3.68. The molecule has 3 nitrogen and oxygen atoms in total. The van der Waals surface area contributed by atoms with Gasteiger partial charge in [0.15, 0.2) is 0 Å². The summed E-state index contributed by atoms with van der Waals surface area (Å²) in [4.78, 5) is 7.49. The topological polar surface area (TPSA) is 37.9 Å². The molecule has 1 N–H and O–H groups in total. The largest absolute Gasteiger partial charge is 0.493 e. The highest BCUT2D eigenvalue weighted by molar-refractivity contribution is 5.94. The molecule has 0 amide bonds. The van der Waals surface area contributed by atoms with Crippen LogP contribution in [0.15, 0.2) is 48.8 Å². The normalized spacial score (nSPS) is 10.8. The summed E-state index contributed by atoms with van der Waals surface area (Å²) < 4.78 is 5.93. The van der Waals surface area contributed by atoms with Crippen LogP contribution in [-0.2, 0) is 0 Å². The molecular weight excluding hydrogens is 248 g/mol. The van der Waals surface area contributed by atoms with Crippen LogP contribution in [0.4, 0.5) is 0 Å². The molecule has 0 aliphatic rings. The molecule has 0 radical (unpaired) electrons. The Balaban J connectivity index is 2.03. The first kappa shape index (κ1) is 12.7. The van der Waals surface area contributed by atoms with Crippen LogP contribution in [0.2, 0.25) is 0 Å². The van der Waals surface area contributed by atoms with Crippen molar-refractivity contribution < 1.29 is 4.74 Å². The van der Waals surface area contributed by atoms with Gasteiger partial charge in [0.1, 0.15) is 11.4 Å². The average molecular weight is 266 g/mol. The van der Waals surface area contributed by atoms with Gasteiger partial charge in [0, 0.05) is 23.3 Å². The molecule has 0 aliphatic heterocycles. The number of pyridine rings is 1. The lowest BCUT2D eigenvalue weighted by molar-refractivity contribution is 0.310. The van der Waals surface area contributed by atoms with E-state index in [2.05, 4.69) is 29.0 Å². The number of unbranched alkanes of at least 4 members (excludes halogenated alkanes) is 1. The van der Waals surface area contributed by atoms with Gasteiger partial charge >= 0.3 is 0 Å². The van der Waals surface area contributed by atoms with Crippen molar-refractivity contribution in [3.8, 4) is 16.9 Å². The van der Waals surface area contributed by atoms with Gasteiger partial charge in [0.25, 0.3) is 0 Å². The van der Waals surface area contributed by atoms with Crippen LogP contribution in [0.25, 0.3) is 22.2 Å². The summed E-state index contributed by atoms with van der Waals surface area (Å²) in [5, 5.41) is 1.12. The summed E-state index contributed by atoms with van der Waals surface area (Å²) in [6.45, 7) is 2.93. The number of rotatable bonds is 5. The predicted octanol–water partition coefficient (Wildman–Crippen LogP) is 4.41. The highest BCUT2D eigenvalue weighted by Gasteiger charge is 2.10. The van der Waals surface area contributed by atoms with Crippen molar-refractivity contribution in [2.45, 2.75) is 19.8 Å². The molecule has 0 fully saturated rings. The van der Waals surface area contributed by atoms with E-state index in [9.17, 15) is 0 Å². The van der Waals surface area contributed by atoms with Gasteiger partial charge in [-0.05, 0) is 30.2 Å². The minimum atomic E-state index is 0.759. The molecule has 0 unspecified atom stereocenters. The summed E-state index contributed by atoms with van der Waals surface area (Å²) in [5.74, 6) is 0.939. The van der Waals surface area contributed by atoms with E-state index in [0.717, 1.165) is 47.4 Å². The Labute approximate surface area is 118 Å². The molecule has 2 heterocycles. The Morgan fingerprint density at radius 1 is 1.10 bits per heavy atom. The van der Waals surface area contributed by atoms with Gasteiger partial charge in [-0.25, -0.2) is 4.98 Å². The zero-order chi connectivity index (χ0) is 13.8. The number of nitrogens with zero attached hydrogens (tertiary/aromatic N) is 1. The van der Waals surface area contributed by atoms with Crippen molar-refractivity contribution >= 4 is 11.0 Å². The van der Waals surface area contributed by atoms with E-state index in [4.69, 9.17) is 4.74 Å². The number of aromatic amines is 1. The molecule has 0 spiro atoms. The first-order valence-electron chi connectivity index (χ1n) is 7.04. The fraction of sp³-hybridized carbons (Fsp3) is 0.235. The summed E-state index contributed by atoms with van der Waals surface area (Å²) in [6.07, 6.45) is 5.96. The Bertz CT molecular complexity index is 703. The summed E-state index contributed by atoms with van der Waals surface area (Å²) in [7, 11) is 0. The second-order valence-electron chi connectivity index (χ2n) is 4.80. The van der Waals surface area contributed by atoms with Gasteiger partial charge in [-0.3, -0.25) is 0 Å². The minimum Gasteiger partial charge on any atom is -0.493 e. The van der Waals surface area contributed by atoms with Crippen LogP contribution in [0, 0.1) is 0 Å². The zero-order valence-electron chi connectivity index (χ0n) is 11.6. The smallest absolute Gasteiger partial charge is 0.137 e. The number of hydrogen-bond acceptors (Lipinski definition) is 2. The first-order valence-corrected chi connectivity index (χ1v) is 7.04. The highest BCUT2D eigenvalue weighted by atomic mass is 16.5. The Morgan fingerprint density at radius 2 is 2.00 bits per heavy atom. The molecule has 3 heteroatoms. The van der Waals surface area contributed by atoms with Gasteiger partial charge in [-0.15, -0.1) is 0 Å². The van der Waals surface area contributed by atoms with Crippen LogP contribution < -0.4 is 4.74 Å². The molecule has 2 aromatic heterocycles. The van der Waals surface area contributed by atoms with E-state index in [-0.39, 0.29) is 0 Å². The molecule has 20 heavy (non-hydrogen) atoms. The molecule has 1 aromatic carbocycles. The molecule has 0 saturated carbocycles. The first-order chi connectivity index (χ1) is 9.90. The third kappa shape index (κ3) is 2.39. The van der Waals surface area contributed by atoms with Crippen molar-refractivity contribution in [2.75, 3.05) is 6.61 Å². The zero-order valence-corrected chi connectivity index (χ0v) is 11.6. The SMILES string of the molecule is CCCCOc1ccccc1-c1ccnc2[nH]ccc12. The van der Waals surface area contributed by atoms with Crippen LogP contribution in [-0.4, -0.2) is 16.6 Å². The van der Waals surface area contributed by atoms with Crippen molar-refractivity contribution in [3.63, 3.8) is 0 Å². The van der Waals surface area contributed by atoms with Crippen molar-refractivity contribution in [1.82, 2.24) is 9.97 Å². The number of para-hydroxylation sites is 1. The number of hydrogen-bond donors (Lipinski definition) is 1. The monoisotopic (exact) mass is 266 g/mol. The second kappa shape index (κ2) is 5.78. The fourth-order valence-electron chi connectivity index (χ4n) is 2.34. The number of nitrogens with one attached hydrogen (secondary N) is 1. The van der Waals surface area contributed by atoms with Gasteiger partial charge in [-0.2, -0.15) is 0 Å². The Morgan fingerprint density at radius 3 is 2.90 bits per heavy atom. The molecule has 0 atom stereocenters. The third-order valence-corrected chi connectivity index (χ3v) is 3.39. The fourth-order valence-corrected chi connectivity index (χ4v) is 2.34. The Hall–Kier alpha value is -2.29. The number of fused-ring (bicyclic) bond motifs is 1. The average Bonchev–Trinajstić information content (AvgIpc) is 2.96. The van der Waals surface area contributed by atoms with E-state index in [1.54, 1.807) is 0 Å². The number of H-pyrrole nitrogens is 1. The number of aromatic nitrogens is 2. The van der Waals surface area contributed by atoms with Gasteiger partial charge in [-0.1, -0.05) is 31.5 Å². The lowest BCUT2D eigenvalue weighted by atomic mass is 10.0. The van der Waals surface area contributed by atoms with Gasteiger partial charge in [0.05, 0.1) is 6.61 Å². The van der Waals surface area contributed by atoms with E-state index in [0.29, 0.717) is 0 Å². The molecule has 0 bridgehead atoms. The number of benzene rings is 1. The maximum Gasteiger partial charge on any atom is 0.137 e. The summed E-state index contributed by atoms with van der Waals surface area (Å²) in [5.41, 5.74) is 3.19. The molecular formula is C17H18N2O. The second-order valence-corrected chi connectivity index (χ2v) is 4.80. The van der Waals surface area contributed by atoms with Crippen LogP contribution in [0.5, 0.6) is 5.75 Å². The summed E-state index contributed by atoms with van der Waals surface area (Å²) in [6, 6.07) is 12.3. The lowest BCUT2D eigenvalue weighted by Crippen LogP contribution is -1.98. The molecule has 102 valence electrons. The van der Waals surface area contributed by atoms with Gasteiger partial charge in [0.2, 0.25) is 0 Å². The standard InChI is InChI=1S/C17H18N2O/c1-2-3-12-20-16-7-5-4-6-14(16)13-8-10-18-17-15(13)9-11-19-17/h4-11H,2-3,12H2,1H3,(H,18,19). The molecule has 0 aliphatic carbocycles. The minimum absolute atomic E-state index is 0.759.